The van der Waals surface area contributed by atoms with Crippen LogP contribution in [-0.4, -0.2) is 49.8 Å². The highest BCUT2D eigenvalue weighted by molar-refractivity contribution is 14.1. The largest absolute Gasteiger partial charge is 0.504 e. The average Bonchev–Trinajstić information content (AvgIpc) is 3.38. The van der Waals surface area contributed by atoms with E-state index in [-0.39, 0.29) is 41.3 Å². The van der Waals surface area contributed by atoms with Gasteiger partial charge in [-0.05, 0) is 108 Å². The number of aromatic hydroxyl groups is 1. The monoisotopic (exact) mass is 783 g/mol. The van der Waals surface area contributed by atoms with Gasteiger partial charge >= 0.3 is 0 Å². The van der Waals surface area contributed by atoms with Crippen LogP contribution in [0, 0.1) is 21.3 Å². The van der Waals surface area contributed by atoms with Crippen molar-refractivity contribution in [1.29, 1.82) is 0 Å². The number of carbonyl (C=O) groups excluding carboxylic acids is 4. The molecule has 3 aromatic carbocycles. The highest BCUT2D eigenvalue weighted by Crippen LogP contribution is 2.56. The Bertz CT molecular complexity index is 2110. The molecule has 254 valence electrons. The molecule has 1 heterocycles. The predicted octanol–water partition coefficient (Wildman–Crippen LogP) is 6.83. The SMILES string of the molecule is COc1ccc(OC)c(C=Cc2ccc(N3C(=O)[C@H]4[C@H](CC=C5[C@H](c6cc(I)c(O)c(OC)c6)C6=C(C[C@H]54)C(=O)C=C(C)C6=O)C3=O)cc2)c1. The molecule has 3 aliphatic carbocycles. The maximum atomic E-state index is 14.3. The molecule has 0 aromatic heterocycles. The minimum atomic E-state index is -0.702. The predicted molar refractivity (Wildman–Crippen MR) is 196 cm³/mol. The number of methoxy groups -OCH3 is 3. The standard InChI is InChI=1S/C40H34INO8/c1-20-15-31(43)29-19-28-26(34(36(29)37(20)44)23-17-30(41)38(45)33(18-23)50-4)12-13-27-35(28)40(47)42(39(27)46)24-9-6-21(7-10-24)5-8-22-16-25(48-2)11-14-32(22)49-3/h5-12,14-18,27-28,34-35,45H,13,19H2,1-4H3/t27-,28+,34-,35-/m0/s1. The second kappa shape index (κ2) is 13.1. The Labute approximate surface area is 303 Å². The smallest absolute Gasteiger partial charge is 0.238 e. The summed E-state index contributed by atoms with van der Waals surface area (Å²) in [6.07, 6.45) is 7.67. The third-order valence-electron chi connectivity index (χ3n) is 10.2. The van der Waals surface area contributed by atoms with E-state index in [4.69, 9.17) is 14.2 Å². The molecule has 1 aliphatic heterocycles. The highest BCUT2D eigenvalue weighted by Gasteiger charge is 2.56. The first-order valence-electron chi connectivity index (χ1n) is 16.2. The van der Waals surface area contributed by atoms with Gasteiger partial charge in [0.25, 0.3) is 0 Å². The lowest BCUT2D eigenvalue weighted by Crippen LogP contribution is -2.39. The number of rotatable bonds is 7. The molecule has 0 unspecified atom stereocenters. The number of allylic oxidation sites excluding steroid dienone is 6. The van der Waals surface area contributed by atoms with Crippen LogP contribution in [0.15, 0.2) is 89.0 Å². The lowest BCUT2D eigenvalue weighted by atomic mass is 9.59. The molecular formula is C40H34INO8. The molecular weight excluding hydrogens is 749 g/mol. The van der Waals surface area contributed by atoms with E-state index in [2.05, 4.69) is 0 Å². The molecule has 4 atom stereocenters. The summed E-state index contributed by atoms with van der Waals surface area (Å²) < 4.78 is 16.8. The van der Waals surface area contributed by atoms with Gasteiger partial charge in [0, 0.05) is 28.2 Å². The van der Waals surface area contributed by atoms with Crippen molar-refractivity contribution in [1.82, 2.24) is 0 Å². The van der Waals surface area contributed by atoms with Gasteiger partial charge in [-0.1, -0.05) is 35.9 Å². The maximum absolute atomic E-state index is 14.3. The molecule has 2 amide bonds. The summed E-state index contributed by atoms with van der Waals surface area (Å²) in [7, 11) is 4.66. The number of hydrogen-bond donors (Lipinski definition) is 1. The van der Waals surface area contributed by atoms with Crippen LogP contribution < -0.4 is 19.1 Å². The van der Waals surface area contributed by atoms with Crippen molar-refractivity contribution in [2.75, 3.05) is 26.2 Å². The van der Waals surface area contributed by atoms with Crippen LogP contribution in [0.25, 0.3) is 12.2 Å². The Morgan fingerprint density at radius 3 is 2.30 bits per heavy atom. The fraction of sp³-hybridized carbons (Fsp3) is 0.250. The van der Waals surface area contributed by atoms with Crippen LogP contribution in [0.2, 0.25) is 0 Å². The van der Waals surface area contributed by atoms with Crippen LogP contribution in [0.5, 0.6) is 23.0 Å². The van der Waals surface area contributed by atoms with Gasteiger partial charge in [-0.3, -0.25) is 24.1 Å². The van der Waals surface area contributed by atoms with E-state index >= 15 is 0 Å². The van der Waals surface area contributed by atoms with Gasteiger partial charge in [-0.15, -0.1) is 0 Å². The minimum absolute atomic E-state index is 0.0213. The van der Waals surface area contributed by atoms with Gasteiger partial charge < -0.3 is 19.3 Å². The fourth-order valence-electron chi connectivity index (χ4n) is 7.80. The first-order valence-corrected chi connectivity index (χ1v) is 17.3. The summed E-state index contributed by atoms with van der Waals surface area (Å²) in [5.41, 5.74) is 4.79. The molecule has 7 rings (SSSR count). The number of ether oxygens (including phenoxy) is 3. The zero-order valence-electron chi connectivity index (χ0n) is 27.9. The van der Waals surface area contributed by atoms with Gasteiger partial charge in [0.1, 0.15) is 11.5 Å². The molecule has 4 aliphatic rings. The summed E-state index contributed by atoms with van der Waals surface area (Å²) in [5.74, 6) is -1.87. The lowest BCUT2D eigenvalue weighted by molar-refractivity contribution is -0.123. The third kappa shape index (κ3) is 5.46. The number of halogens is 1. The number of carbonyl (C=O) groups is 4. The summed E-state index contributed by atoms with van der Waals surface area (Å²) >= 11 is 2.01. The number of hydrogen-bond acceptors (Lipinski definition) is 8. The van der Waals surface area contributed by atoms with E-state index in [1.807, 2.05) is 71.2 Å². The van der Waals surface area contributed by atoms with Crippen molar-refractivity contribution in [3.63, 3.8) is 0 Å². The molecule has 1 fully saturated rings. The number of imide groups is 1. The average molecular weight is 784 g/mol. The van der Waals surface area contributed by atoms with Gasteiger partial charge in [-0.2, -0.15) is 0 Å². The Kier molecular flexibility index (Phi) is 8.75. The molecule has 0 saturated carbocycles. The molecule has 3 aromatic rings. The van der Waals surface area contributed by atoms with E-state index in [1.54, 1.807) is 45.4 Å². The van der Waals surface area contributed by atoms with Crippen molar-refractivity contribution in [3.05, 3.63) is 109 Å². The van der Waals surface area contributed by atoms with E-state index in [1.165, 1.54) is 18.1 Å². The first kappa shape index (κ1) is 33.5. The normalized spacial score (nSPS) is 23.0. The quantitative estimate of drug-likeness (QED) is 0.0912. The zero-order valence-corrected chi connectivity index (χ0v) is 30.0. The Morgan fingerprint density at radius 2 is 1.60 bits per heavy atom. The number of ketones is 2. The summed E-state index contributed by atoms with van der Waals surface area (Å²) in [6, 6.07) is 16.2. The topological polar surface area (TPSA) is 119 Å². The van der Waals surface area contributed by atoms with Crippen molar-refractivity contribution < 1.29 is 38.5 Å². The Hall–Kier alpha value is -4.97. The third-order valence-corrected chi connectivity index (χ3v) is 11.0. The molecule has 50 heavy (non-hydrogen) atoms. The van der Waals surface area contributed by atoms with Crippen molar-refractivity contribution in [2.45, 2.75) is 25.7 Å². The van der Waals surface area contributed by atoms with Crippen molar-refractivity contribution >= 4 is 63.8 Å². The molecule has 0 spiro atoms. The molecule has 9 nitrogen and oxygen atoms in total. The van der Waals surface area contributed by atoms with Crippen LogP contribution in [0.1, 0.15) is 42.4 Å². The van der Waals surface area contributed by atoms with Gasteiger partial charge in [0.05, 0.1) is 42.4 Å². The number of nitrogens with zero attached hydrogens (tertiary/aromatic N) is 1. The molecule has 0 radical (unpaired) electrons. The minimum Gasteiger partial charge on any atom is -0.504 e. The van der Waals surface area contributed by atoms with Crippen LogP contribution in [0.3, 0.4) is 0 Å². The number of phenolic OH excluding ortho intramolecular Hbond substituents is 1. The number of benzene rings is 3. The number of Topliss-reactive ketones (excluding diaryl/α,β-unsaturated/α-hetero) is 1. The molecule has 10 heteroatoms. The Balaban J connectivity index is 1.22. The maximum Gasteiger partial charge on any atom is 0.238 e. The lowest BCUT2D eigenvalue weighted by Gasteiger charge is -2.42. The number of fused-ring (bicyclic) bond motifs is 3. The van der Waals surface area contributed by atoms with E-state index in [0.717, 1.165) is 16.7 Å². The number of anilines is 1. The second-order valence-corrected chi connectivity index (χ2v) is 14.0. The van der Waals surface area contributed by atoms with Crippen molar-refractivity contribution in [3.8, 4) is 23.0 Å². The molecule has 1 N–H and O–H groups in total. The van der Waals surface area contributed by atoms with Crippen LogP contribution >= 0.6 is 22.6 Å². The Morgan fingerprint density at radius 1 is 0.860 bits per heavy atom. The second-order valence-electron chi connectivity index (χ2n) is 12.8. The number of amides is 2. The molecule has 1 saturated heterocycles. The van der Waals surface area contributed by atoms with Crippen LogP contribution in [0.4, 0.5) is 5.69 Å². The molecule has 0 bridgehead atoms. The summed E-state index contributed by atoms with van der Waals surface area (Å²) in [6.45, 7) is 1.63. The van der Waals surface area contributed by atoms with E-state index in [0.29, 0.717) is 49.5 Å². The summed E-state index contributed by atoms with van der Waals surface area (Å²) in [5, 5.41) is 10.6. The van der Waals surface area contributed by atoms with Gasteiger partial charge in [0.15, 0.2) is 23.1 Å². The van der Waals surface area contributed by atoms with Crippen molar-refractivity contribution in [2.24, 2.45) is 17.8 Å². The first-order chi connectivity index (χ1) is 24.1. The zero-order chi connectivity index (χ0) is 35.4. The van der Waals surface area contributed by atoms with Gasteiger partial charge in [0.2, 0.25) is 11.8 Å². The number of phenols is 1. The van der Waals surface area contributed by atoms with Crippen LogP contribution in [-0.2, 0) is 19.2 Å². The summed E-state index contributed by atoms with van der Waals surface area (Å²) in [4.78, 5) is 56.8. The fourth-order valence-corrected chi connectivity index (χ4v) is 8.43. The van der Waals surface area contributed by atoms with Gasteiger partial charge in [-0.25, -0.2) is 0 Å². The highest BCUT2D eigenvalue weighted by atomic mass is 127. The van der Waals surface area contributed by atoms with E-state index < -0.39 is 23.7 Å². The van der Waals surface area contributed by atoms with E-state index in [9.17, 15) is 24.3 Å².